The first-order valence-corrected chi connectivity index (χ1v) is 16.8. The van der Waals surface area contributed by atoms with E-state index in [4.69, 9.17) is 37.4 Å². The summed E-state index contributed by atoms with van der Waals surface area (Å²) >= 11 is 13.0. The summed E-state index contributed by atoms with van der Waals surface area (Å²) in [6, 6.07) is 11.2. The van der Waals surface area contributed by atoms with Gasteiger partial charge in [-0.05, 0) is 73.2 Å². The van der Waals surface area contributed by atoms with Crippen molar-refractivity contribution in [1.82, 2.24) is 9.88 Å². The predicted molar refractivity (Wildman–Crippen MR) is 184 cm³/mol. The van der Waals surface area contributed by atoms with Gasteiger partial charge in [-0.15, -0.1) is 0 Å². The first kappa shape index (κ1) is 35.2. The van der Waals surface area contributed by atoms with Gasteiger partial charge in [0.15, 0.2) is 23.9 Å². The maximum absolute atomic E-state index is 14.4. The van der Waals surface area contributed by atoms with Crippen LogP contribution in [0, 0.1) is 16.9 Å². The maximum atomic E-state index is 14.4. The average molecular weight is 726 g/mol. The number of hydrogen-bond acceptors (Lipinski definition) is 8. The van der Waals surface area contributed by atoms with Gasteiger partial charge in [-0.2, -0.15) is 4.73 Å². The molecule has 50 heavy (non-hydrogen) atoms. The van der Waals surface area contributed by atoms with E-state index < -0.39 is 23.8 Å². The minimum absolute atomic E-state index is 0.00979. The van der Waals surface area contributed by atoms with Crippen molar-refractivity contribution in [3.05, 3.63) is 116 Å². The summed E-state index contributed by atoms with van der Waals surface area (Å²) in [5.41, 5.74) is 2.15. The molecule has 262 valence electrons. The van der Waals surface area contributed by atoms with Crippen LogP contribution >= 0.6 is 23.2 Å². The number of amides is 1. The van der Waals surface area contributed by atoms with Gasteiger partial charge in [0.05, 0.1) is 44.4 Å². The van der Waals surface area contributed by atoms with Gasteiger partial charge in [0.1, 0.15) is 22.0 Å². The Balaban J connectivity index is 1.43. The van der Waals surface area contributed by atoms with Gasteiger partial charge >= 0.3 is 12.1 Å². The molecule has 1 N–H and O–H groups in total. The van der Waals surface area contributed by atoms with Crippen LogP contribution in [0.2, 0.25) is 10.0 Å². The fourth-order valence-corrected chi connectivity index (χ4v) is 7.43. The number of halogens is 3. The predicted octanol–water partition coefficient (Wildman–Crippen LogP) is 6.49. The normalized spacial score (nSPS) is 18.7. The van der Waals surface area contributed by atoms with Gasteiger partial charge in [-0.3, -0.25) is 14.8 Å². The van der Waals surface area contributed by atoms with E-state index in [0.717, 1.165) is 32.1 Å². The molecule has 3 aliphatic rings. The van der Waals surface area contributed by atoms with Crippen molar-refractivity contribution in [3.8, 4) is 11.5 Å². The van der Waals surface area contributed by atoms with Gasteiger partial charge in [0.25, 0.3) is 0 Å². The van der Waals surface area contributed by atoms with Crippen LogP contribution in [0.5, 0.6) is 11.5 Å². The van der Waals surface area contributed by atoms with Crippen molar-refractivity contribution >= 4 is 41.0 Å². The van der Waals surface area contributed by atoms with Crippen molar-refractivity contribution in [2.24, 2.45) is 5.92 Å². The molecular formula is C36H35Cl2FN4O7. The lowest BCUT2D eigenvalue weighted by atomic mass is 9.82. The molecule has 3 aliphatic heterocycles. The summed E-state index contributed by atoms with van der Waals surface area (Å²) in [6.45, 7) is 2.48. The van der Waals surface area contributed by atoms with Gasteiger partial charge in [0, 0.05) is 24.1 Å². The van der Waals surface area contributed by atoms with E-state index >= 15 is 0 Å². The van der Waals surface area contributed by atoms with Crippen LogP contribution < -0.4 is 19.1 Å². The van der Waals surface area contributed by atoms with Gasteiger partial charge < -0.3 is 24.5 Å². The third kappa shape index (κ3) is 7.57. The molecule has 5 heterocycles. The number of carboxylic acid groups (broad SMARTS) is 1. The molecule has 3 saturated heterocycles. The number of ether oxygens (including phenoxy) is 3. The maximum Gasteiger partial charge on any atom is 0.414 e. The number of aromatic carboxylic acids is 1. The Morgan fingerprint density at radius 3 is 2.40 bits per heavy atom. The number of aromatic nitrogens is 2. The van der Waals surface area contributed by atoms with E-state index in [1.807, 2.05) is 0 Å². The summed E-state index contributed by atoms with van der Waals surface area (Å²) in [5, 5.41) is 22.6. The lowest BCUT2D eigenvalue weighted by Crippen LogP contribution is -2.53. The molecule has 1 amide bonds. The zero-order valence-corrected chi connectivity index (χ0v) is 28.9. The third-order valence-electron chi connectivity index (χ3n) is 9.41. The Kier molecular flexibility index (Phi) is 10.6. The largest absolute Gasteiger partial charge is 0.619 e. The minimum atomic E-state index is -1.19. The van der Waals surface area contributed by atoms with Crippen LogP contribution in [0.1, 0.15) is 51.4 Å². The van der Waals surface area contributed by atoms with Gasteiger partial charge in [-0.25, -0.2) is 14.0 Å². The van der Waals surface area contributed by atoms with Crippen LogP contribution in [0.3, 0.4) is 0 Å². The molecule has 4 aromatic rings. The second-order valence-corrected chi connectivity index (χ2v) is 13.2. The average Bonchev–Trinajstić information content (AvgIpc) is 3.10. The van der Waals surface area contributed by atoms with E-state index in [1.165, 1.54) is 49.8 Å². The summed E-state index contributed by atoms with van der Waals surface area (Å²) in [6.07, 6.45) is 5.76. The second-order valence-electron chi connectivity index (χ2n) is 12.4. The molecule has 11 nitrogen and oxygen atoms in total. The molecule has 7 rings (SSSR count). The number of carboxylic acids is 1. The number of rotatable bonds is 11. The molecule has 0 aliphatic carbocycles. The lowest BCUT2D eigenvalue weighted by Gasteiger charge is -2.44. The topological polar surface area (TPSA) is 128 Å². The Labute approximate surface area is 298 Å². The van der Waals surface area contributed by atoms with Crippen LogP contribution in [0.15, 0.2) is 67.3 Å². The highest BCUT2D eigenvalue weighted by Gasteiger charge is 2.38. The number of methoxy groups -OCH3 is 2. The molecule has 0 unspecified atom stereocenters. The van der Waals surface area contributed by atoms with Gasteiger partial charge in [-0.1, -0.05) is 41.4 Å². The molecule has 2 bridgehead atoms. The quantitative estimate of drug-likeness (QED) is 0.136. The van der Waals surface area contributed by atoms with E-state index in [1.54, 1.807) is 30.3 Å². The molecule has 14 heteroatoms. The fourth-order valence-electron chi connectivity index (χ4n) is 6.83. The van der Waals surface area contributed by atoms with E-state index in [9.17, 15) is 24.3 Å². The third-order valence-corrected chi connectivity index (χ3v) is 10.1. The second kappa shape index (κ2) is 15.1. The Morgan fingerprint density at radius 1 is 1.06 bits per heavy atom. The van der Waals surface area contributed by atoms with Crippen LogP contribution in [0.4, 0.5) is 14.9 Å². The Morgan fingerprint density at radius 2 is 1.78 bits per heavy atom. The van der Waals surface area contributed by atoms with Crippen molar-refractivity contribution in [3.63, 3.8) is 0 Å². The van der Waals surface area contributed by atoms with Gasteiger partial charge in [0.2, 0.25) is 0 Å². The number of hydrogen-bond donors (Lipinski definition) is 1. The zero-order valence-electron chi connectivity index (χ0n) is 27.4. The molecule has 2 atom stereocenters. The van der Waals surface area contributed by atoms with Crippen molar-refractivity contribution in [2.75, 3.05) is 38.8 Å². The van der Waals surface area contributed by atoms with E-state index in [0.29, 0.717) is 45.0 Å². The van der Waals surface area contributed by atoms with Crippen molar-refractivity contribution < 1.29 is 38.0 Å². The number of carbonyl (C=O) groups is 2. The molecule has 0 spiro atoms. The molecular weight excluding hydrogens is 690 g/mol. The number of pyridine rings is 2. The number of piperidine rings is 3. The number of anilines is 1. The highest BCUT2D eigenvalue weighted by atomic mass is 35.5. The Hall–Kier alpha value is -4.65. The fraction of sp³-hybridized carbons (Fsp3) is 0.333. The first-order valence-electron chi connectivity index (χ1n) is 16.0. The molecule has 2 aromatic carbocycles. The van der Waals surface area contributed by atoms with Crippen LogP contribution in [-0.2, 0) is 17.7 Å². The summed E-state index contributed by atoms with van der Waals surface area (Å²) in [7, 11) is 2.99. The first-order chi connectivity index (χ1) is 24.0. The molecule has 3 fully saturated rings. The number of carbonyl (C=O) groups excluding carboxylic acids is 1. The molecule has 2 aromatic heterocycles. The highest BCUT2D eigenvalue weighted by molar-refractivity contribution is 6.35. The van der Waals surface area contributed by atoms with E-state index in [-0.39, 0.29) is 46.3 Å². The van der Waals surface area contributed by atoms with Crippen molar-refractivity contribution in [1.29, 1.82) is 0 Å². The number of nitrogens with zero attached hydrogens (tertiary/aromatic N) is 4. The summed E-state index contributed by atoms with van der Waals surface area (Å²) in [4.78, 5) is 34.1. The van der Waals surface area contributed by atoms with Crippen LogP contribution in [0.25, 0.3) is 0 Å². The summed E-state index contributed by atoms with van der Waals surface area (Å²) in [5.74, 6) is -1.39. The lowest BCUT2D eigenvalue weighted by molar-refractivity contribution is -0.605. The minimum Gasteiger partial charge on any atom is -0.619 e. The number of benzene rings is 2. The highest BCUT2D eigenvalue weighted by Crippen LogP contribution is 2.39. The van der Waals surface area contributed by atoms with E-state index in [2.05, 4.69) is 9.88 Å². The summed E-state index contributed by atoms with van der Waals surface area (Å²) < 4.78 is 32.0. The van der Waals surface area contributed by atoms with Crippen LogP contribution in [-0.4, -0.2) is 67.0 Å². The molecule has 0 saturated carbocycles. The smallest absolute Gasteiger partial charge is 0.414 e. The monoisotopic (exact) mass is 724 g/mol. The Bertz CT molecular complexity index is 1880. The standard InChI is InChI=1S/C36H35Cl2FN4O7/c1-48-32-6-4-23(12-33(32)49-2)27(14-29-30(37)18-42(47)19-31(29)38)28-11-21(3-5-26(28)35(44)45)17-43(25-13-24(39)15-40-16-25)36(46)50-34-20-41-9-7-22(34)8-10-41/h3-6,11-13,15-16,18-19,22,27,34H,7-10,14,17,20H2,1-2H3,(H,44,45)/t27-,34-/m0/s1. The number of fused-ring (bicyclic) bond motifs is 3. The molecule has 0 radical (unpaired) electrons. The zero-order chi connectivity index (χ0) is 35.5. The SMILES string of the molecule is COc1ccc([C@H](Cc2c(Cl)c[n+]([O-])cc2Cl)c2cc(CN(C(=O)O[C@H]3CN4CCC3CC4)c3cncc(F)c3)ccc2C(=O)O)cc1OC. The van der Waals surface area contributed by atoms with Crippen molar-refractivity contribution in [2.45, 2.75) is 37.8 Å².